The molecule has 0 saturated heterocycles. The molecule has 118 valence electrons. The van der Waals surface area contributed by atoms with E-state index in [4.69, 9.17) is 10.00 Å². The minimum Gasteiger partial charge on any atom is -0.457 e. The maximum Gasteiger partial charge on any atom is 0.234 e. The first-order chi connectivity index (χ1) is 11.0. The Kier molecular flexibility index (Phi) is 5.37. The maximum atomic E-state index is 11.3. The number of aryl methyl sites for hydroxylation is 2. The van der Waals surface area contributed by atoms with Crippen LogP contribution in [0.25, 0.3) is 0 Å². The Labute approximate surface area is 136 Å². The maximum absolute atomic E-state index is 11.3. The molecule has 0 unspecified atom stereocenters. The van der Waals surface area contributed by atoms with Crippen LogP contribution in [0, 0.1) is 32.1 Å². The second kappa shape index (κ2) is 7.46. The smallest absolute Gasteiger partial charge is 0.234 e. The van der Waals surface area contributed by atoms with E-state index in [9.17, 15) is 4.79 Å². The molecule has 2 rings (SSSR count). The van der Waals surface area contributed by atoms with Gasteiger partial charge in [0.1, 0.15) is 17.9 Å². The third kappa shape index (κ3) is 4.58. The fourth-order valence-corrected chi connectivity index (χ4v) is 2.24. The van der Waals surface area contributed by atoms with Gasteiger partial charge in [0.05, 0.1) is 6.07 Å². The molecule has 0 radical (unpaired) electrons. The molecule has 1 N–H and O–H groups in total. The summed E-state index contributed by atoms with van der Waals surface area (Å²) in [7, 11) is 0. The van der Waals surface area contributed by atoms with Crippen LogP contribution in [0.2, 0.25) is 0 Å². The minimum absolute atomic E-state index is 0.118. The standard InChI is InChI=1S/C19H20N2O2/c1-13-10-14(2)15(3)18(11-13)23-17-6-4-16(5-7-17)12-21-19(22)8-9-20/h4-7,10-11H,8,12H2,1-3H3,(H,21,22). The highest BCUT2D eigenvalue weighted by Gasteiger charge is 2.06. The summed E-state index contributed by atoms with van der Waals surface area (Å²) in [5.74, 6) is 1.35. The number of rotatable bonds is 5. The van der Waals surface area contributed by atoms with E-state index < -0.39 is 0 Å². The van der Waals surface area contributed by atoms with Crippen molar-refractivity contribution in [1.82, 2.24) is 5.32 Å². The van der Waals surface area contributed by atoms with Crippen LogP contribution in [0.15, 0.2) is 36.4 Å². The Morgan fingerprint density at radius 3 is 2.52 bits per heavy atom. The zero-order chi connectivity index (χ0) is 16.8. The quantitative estimate of drug-likeness (QED) is 0.910. The Hall–Kier alpha value is -2.80. The molecule has 4 nitrogen and oxygen atoms in total. The fraction of sp³-hybridized carbons (Fsp3) is 0.263. The Morgan fingerprint density at radius 2 is 1.87 bits per heavy atom. The predicted molar refractivity (Wildman–Crippen MR) is 89.2 cm³/mol. The summed E-state index contributed by atoms with van der Waals surface area (Å²) in [6, 6.07) is 13.5. The molecular formula is C19H20N2O2. The van der Waals surface area contributed by atoms with Gasteiger partial charge in [-0.25, -0.2) is 0 Å². The summed E-state index contributed by atoms with van der Waals surface area (Å²) in [6.45, 7) is 6.57. The third-order valence-electron chi connectivity index (χ3n) is 3.64. The molecule has 23 heavy (non-hydrogen) atoms. The number of nitriles is 1. The summed E-state index contributed by atoms with van der Waals surface area (Å²) in [6.07, 6.45) is -0.118. The van der Waals surface area contributed by atoms with Gasteiger partial charge < -0.3 is 10.1 Å². The van der Waals surface area contributed by atoms with Crippen molar-refractivity contribution in [1.29, 1.82) is 5.26 Å². The lowest BCUT2D eigenvalue weighted by atomic mass is 10.1. The van der Waals surface area contributed by atoms with Crippen LogP contribution in [-0.4, -0.2) is 5.91 Å². The van der Waals surface area contributed by atoms with Gasteiger partial charge in [-0.1, -0.05) is 18.2 Å². The van der Waals surface area contributed by atoms with E-state index in [0.29, 0.717) is 6.54 Å². The molecular weight excluding hydrogens is 288 g/mol. The molecule has 0 bridgehead atoms. The molecule has 0 spiro atoms. The van der Waals surface area contributed by atoms with Gasteiger partial charge in [-0.3, -0.25) is 4.79 Å². The van der Waals surface area contributed by atoms with Crippen LogP contribution in [0.4, 0.5) is 0 Å². The SMILES string of the molecule is Cc1cc(C)c(C)c(Oc2ccc(CNC(=O)CC#N)cc2)c1. The number of hydrogen-bond acceptors (Lipinski definition) is 3. The van der Waals surface area contributed by atoms with Gasteiger partial charge in [0.2, 0.25) is 5.91 Å². The number of hydrogen-bond donors (Lipinski definition) is 1. The topological polar surface area (TPSA) is 62.1 Å². The molecule has 0 fully saturated rings. The number of nitrogens with zero attached hydrogens (tertiary/aromatic N) is 1. The molecule has 0 aliphatic carbocycles. The normalized spacial score (nSPS) is 10.0. The molecule has 0 aliphatic heterocycles. The van der Waals surface area contributed by atoms with E-state index in [-0.39, 0.29) is 12.3 Å². The van der Waals surface area contributed by atoms with Crippen molar-refractivity contribution >= 4 is 5.91 Å². The van der Waals surface area contributed by atoms with Crippen LogP contribution in [0.5, 0.6) is 11.5 Å². The first-order valence-corrected chi connectivity index (χ1v) is 7.48. The van der Waals surface area contributed by atoms with E-state index >= 15 is 0 Å². The van der Waals surface area contributed by atoms with Crippen LogP contribution < -0.4 is 10.1 Å². The largest absolute Gasteiger partial charge is 0.457 e. The monoisotopic (exact) mass is 308 g/mol. The molecule has 0 heterocycles. The highest BCUT2D eigenvalue weighted by atomic mass is 16.5. The number of carbonyl (C=O) groups is 1. The summed E-state index contributed by atoms with van der Waals surface area (Å²) in [5, 5.41) is 11.1. The van der Waals surface area contributed by atoms with Gasteiger partial charge in [-0.2, -0.15) is 5.26 Å². The van der Waals surface area contributed by atoms with Crippen molar-refractivity contribution in [3.63, 3.8) is 0 Å². The average molecular weight is 308 g/mol. The highest BCUT2D eigenvalue weighted by Crippen LogP contribution is 2.28. The molecule has 0 saturated carbocycles. The highest BCUT2D eigenvalue weighted by molar-refractivity contribution is 5.77. The van der Waals surface area contributed by atoms with Crippen LogP contribution >= 0.6 is 0 Å². The van der Waals surface area contributed by atoms with Crippen molar-refractivity contribution in [2.75, 3.05) is 0 Å². The van der Waals surface area contributed by atoms with Crippen LogP contribution in [0.1, 0.15) is 28.7 Å². The van der Waals surface area contributed by atoms with Gasteiger partial charge in [0.15, 0.2) is 0 Å². The van der Waals surface area contributed by atoms with Crippen molar-refractivity contribution in [2.45, 2.75) is 33.7 Å². The van der Waals surface area contributed by atoms with Gasteiger partial charge in [-0.05, 0) is 61.2 Å². The number of nitrogens with one attached hydrogen (secondary N) is 1. The van der Waals surface area contributed by atoms with E-state index in [2.05, 4.69) is 18.3 Å². The molecule has 0 atom stereocenters. The number of benzene rings is 2. The zero-order valence-corrected chi connectivity index (χ0v) is 13.6. The van der Waals surface area contributed by atoms with Crippen molar-refractivity contribution in [2.24, 2.45) is 0 Å². The van der Waals surface area contributed by atoms with Crippen LogP contribution in [0.3, 0.4) is 0 Å². The Morgan fingerprint density at radius 1 is 1.17 bits per heavy atom. The Balaban J connectivity index is 2.03. The summed E-state index contributed by atoms with van der Waals surface area (Å²) in [5.41, 5.74) is 4.46. The molecule has 0 aromatic heterocycles. The van der Waals surface area contributed by atoms with Gasteiger partial charge in [0.25, 0.3) is 0 Å². The number of amides is 1. The lowest BCUT2D eigenvalue weighted by Crippen LogP contribution is -2.21. The fourth-order valence-electron chi connectivity index (χ4n) is 2.24. The average Bonchev–Trinajstić information content (AvgIpc) is 2.52. The first kappa shape index (κ1) is 16.6. The zero-order valence-electron chi connectivity index (χ0n) is 13.6. The summed E-state index contributed by atoms with van der Waals surface area (Å²) in [4.78, 5) is 11.3. The second-order valence-electron chi connectivity index (χ2n) is 5.56. The molecule has 2 aromatic rings. The lowest BCUT2D eigenvalue weighted by molar-refractivity contribution is -0.120. The van der Waals surface area contributed by atoms with E-state index in [1.165, 1.54) is 11.1 Å². The van der Waals surface area contributed by atoms with E-state index in [1.54, 1.807) is 0 Å². The predicted octanol–water partition coefficient (Wildman–Crippen LogP) is 3.93. The third-order valence-corrected chi connectivity index (χ3v) is 3.64. The van der Waals surface area contributed by atoms with E-state index in [1.807, 2.05) is 50.2 Å². The summed E-state index contributed by atoms with van der Waals surface area (Å²) < 4.78 is 5.96. The lowest BCUT2D eigenvalue weighted by Gasteiger charge is -2.12. The number of ether oxygens (including phenoxy) is 1. The van der Waals surface area contributed by atoms with Gasteiger partial charge in [-0.15, -0.1) is 0 Å². The number of carbonyl (C=O) groups excluding carboxylic acids is 1. The Bertz CT molecular complexity index is 743. The summed E-state index contributed by atoms with van der Waals surface area (Å²) >= 11 is 0. The van der Waals surface area contributed by atoms with Crippen molar-refractivity contribution in [3.8, 4) is 17.6 Å². The van der Waals surface area contributed by atoms with Crippen molar-refractivity contribution in [3.05, 3.63) is 58.7 Å². The molecule has 0 aliphatic rings. The van der Waals surface area contributed by atoms with Crippen molar-refractivity contribution < 1.29 is 9.53 Å². The second-order valence-corrected chi connectivity index (χ2v) is 5.56. The molecule has 1 amide bonds. The first-order valence-electron chi connectivity index (χ1n) is 7.48. The molecule has 4 heteroatoms. The minimum atomic E-state index is -0.265. The van der Waals surface area contributed by atoms with Gasteiger partial charge >= 0.3 is 0 Å². The van der Waals surface area contributed by atoms with Crippen LogP contribution in [-0.2, 0) is 11.3 Å². The van der Waals surface area contributed by atoms with Gasteiger partial charge in [0, 0.05) is 6.54 Å². The molecule has 2 aromatic carbocycles. The van der Waals surface area contributed by atoms with E-state index in [0.717, 1.165) is 22.6 Å².